The summed E-state index contributed by atoms with van der Waals surface area (Å²) in [6.45, 7) is 3.60. The van der Waals surface area contributed by atoms with Gasteiger partial charge in [-0.2, -0.15) is 0 Å². The van der Waals surface area contributed by atoms with Crippen LogP contribution in [0, 0.1) is 0 Å². The molecule has 0 amide bonds. The van der Waals surface area contributed by atoms with Gasteiger partial charge in [-0.05, 0) is 19.4 Å². The van der Waals surface area contributed by atoms with Crippen molar-refractivity contribution in [3.63, 3.8) is 0 Å². The number of pyridine rings is 1. The van der Waals surface area contributed by atoms with Crippen molar-refractivity contribution in [3.05, 3.63) is 24.0 Å². The summed E-state index contributed by atoms with van der Waals surface area (Å²) in [7, 11) is 0. The topological polar surface area (TPSA) is 60.2 Å². The van der Waals surface area contributed by atoms with Crippen LogP contribution in [0.3, 0.4) is 0 Å². The summed E-state index contributed by atoms with van der Waals surface area (Å²) in [5.74, 6) is 0. The lowest BCUT2D eigenvalue weighted by Crippen LogP contribution is -2.35. The average molecular weight is 237 g/mol. The van der Waals surface area contributed by atoms with Crippen molar-refractivity contribution in [2.24, 2.45) is 5.73 Å². The van der Waals surface area contributed by atoms with Crippen LogP contribution in [-0.4, -0.2) is 28.7 Å². The molecule has 0 bridgehead atoms. The fourth-order valence-corrected chi connectivity index (χ4v) is 1.98. The van der Waals surface area contributed by atoms with Crippen molar-refractivity contribution in [2.75, 3.05) is 18.5 Å². The molecule has 2 rings (SSSR count). The van der Waals surface area contributed by atoms with Crippen molar-refractivity contribution >= 4 is 22.9 Å². The lowest BCUT2D eigenvalue weighted by Gasteiger charge is -2.26. The first kappa shape index (κ1) is 11.3. The molecule has 4 nitrogen and oxygen atoms in total. The highest BCUT2D eigenvalue weighted by molar-refractivity contribution is 7.80. The van der Waals surface area contributed by atoms with Crippen LogP contribution in [0.2, 0.25) is 0 Å². The number of aromatic nitrogens is 1. The molecule has 0 aliphatic carbocycles. The summed E-state index contributed by atoms with van der Waals surface area (Å²) in [5, 5.41) is 3.41. The molecular formula is C11H15N3OS. The molecule has 86 valence electrons. The van der Waals surface area contributed by atoms with E-state index in [1.54, 1.807) is 12.4 Å². The van der Waals surface area contributed by atoms with E-state index >= 15 is 0 Å². The Hall–Kier alpha value is -1.20. The van der Waals surface area contributed by atoms with E-state index in [0.717, 1.165) is 24.3 Å². The quantitative estimate of drug-likeness (QED) is 0.776. The fourth-order valence-electron chi connectivity index (χ4n) is 1.80. The van der Waals surface area contributed by atoms with Gasteiger partial charge in [0.05, 0.1) is 24.0 Å². The third-order valence-electron chi connectivity index (χ3n) is 2.74. The Bertz CT molecular complexity index is 402. The first-order chi connectivity index (χ1) is 7.61. The molecule has 1 aliphatic heterocycles. The van der Waals surface area contributed by atoms with E-state index in [-0.39, 0.29) is 5.54 Å². The standard InChI is InChI=1S/C11H15N3OS/c1-11(3-5-15-7-11)14-9-6-13-4-2-8(9)10(12)16/h2,4,6,14H,3,5,7H2,1H3,(H2,12,16). The minimum Gasteiger partial charge on any atom is -0.389 e. The number of ether oxygens (including phenoxy) is 1. The summed E-state index contributed by atoms with van der Waals surface area (Å²) in [5.41, 5.74) is 7.32. The third-order valence-corrected chi connectivity index (χ3v) is 2.96. The minimum absolute atomic E-state index is 0.0530. The third kappa shape index (κ3) is 2.31. The number of nitrogens with one attached hydrogen (secondary N) is 1. The van der Waals surface area contributed by atoms with Crippen LogP contribution in [0.1, 0.15) is 18.9 Å². The van der Waals surface area contributed by atoms with Crippen LogP contribution in [0.25, 0.3) is 0 Å². The second-order valence-electron chi connectivity index (χ2n) is 4.27. The Labute approximate surface area is 100 Å². The maximum absolute atomic E-state index is 5.66. The number of hydrogen-bond acceptors (Lipinski definition) is 4. The van der Waals surface area contributed by atoms with E-state index in [1.165, 1.54) is 0 Å². The van der Waals surface area contributed by atoms with E-state index in [2.05, 4.69) is 17.2 Å². The highest BCUT2D eigenvalue weighted by atomic mass is 32.1. The molecule has 16 heavy (non-hydrogen) atoms. The van der Waals surface area contributed by atoms with Crippen molar-refractivity contribution in [1.82, 2.24) is 4.98 Å². The lowest BCUT2D eigenvalue weighted by atomic mass is 10.0. The molecule has 1 aliphatic rings. The Morgan fingerprint density at radius 3 is 3.12 bits per heavy atom. The number of thiocarbonyl (C=S) groups is 1. The molecule has 0 spiro atoms. The number of rotatable bonds is 3. The van der Waals surface area contributed by atoms with Crippen LogP contribution in [-0.2, 0) is 4.74 Å². The summed E-state index contributed by atoms with van der Waals surface area (Å²) >= 11 is 5.01. The summed E-state index contributed by atoms with van der Waals surface area (Å²) in [6, 6.07) is 1.82. The summed E-state index contributed by atoms with van der Waals surface area (Å²) in [6.07, 6.45) is 4.41. The predicted molar refractivity (Wildman–Crippen MR) is 67.6 cm³/mol. The van der Waals surface area contributed by atoms with Crippen molar-refractivity contribution < 1.29 is 4.74 Å². The van der Waals surface area contributed by atoms with E-state index in [1.807, 2.05) is 6.07 Å². The maximum atomic E-state index is 5.66. The molecule has 5 heteroatoms. The lowest BCUT2D eigenvalue weighted by molar-refractivity contribution is 0.185. The van der Waals surface area contributed by atoms with Crippen LogP contribution in [0.5, 0.6) is 0 Å². The van der Waals surface area contributed by atoms with Gasteiger partial charge in [0.25, 0.3) is 0 Å². The zero-order chi connectivity index (χ0) is 11.6. The van der Waals surface area contributed by atoms with Gasteiger partial charge < -0.3 is 15.8 Å². The van der Waals surface area contributed by atoms with Crippen molar-refractivity contribution in [3.8, 4) is 0 Å². The molecule has 3 N–H and O–H groups in total. The van der Waals surface area contributed by atoms with Gasteiger partial charge in [-0.1, -0.05) is 12.2 Å². The van der Waals surface area contributed by atoms with E-state index < -0.39 is 0 Å². The largest absolute Gasteiger partial charge is 0.389 e. The smallest absolute Gasteiger partial charge is 0.106 e. The molecule has 1 fully saturated rings. The summed E-state index contributed by atoms with van der Waals surface area (Å²) < 4.78 is 5.39. The molecule has 0 aromatic carbocycles. The molecule has 0 radical (unpaired) electrons. The van der Waals surface area contributed by atoms with E-state index in [4.69, 9.17) is 22.7 Å². The van der Waals surface area contributed by atoms with Crippen LogP contribution in [0.4, 0.5) is 5.69 Å². The molecule has 1 atom stereocenters. The zero-order valence-electron chi connectivity index (χ0n) is 9.19. The summed E-state index contributed by atoms with van der Waals surface area (Å²) in [4.78, 5) is 4.46. The Morgan fingerprint density at radius 2 is 2.50 bits per heavy atom. The Kier molecular flexibility index (Phi) is 3.07. The molecule has 1 aromatic heterocycles. The van der Waals surface area contributed by atoms with Crippen LogP contribution < -0.4 is 11.1 Å². The Morgan fingerprint density at radius 1 is 1.69 bits per heavy atom. The SMILES string of the molecule is CC1(Nc2cnccc2C(N)=S)CCOC1. The zero-order valence-corrected chi connectivity index (χ0v) is 10.0. The van der Waals surface area contributed by atoms with Crippen molar-refractivity contribution in [2.45, 2.75) is 18.9 Å². The molecule has 0 saturated carbocycles. The van der Waals surface area contributed by atoms with Gasteiger partial charge in [0.15, 0.2) is 0 Å². The second kappa shape index (κ2) is 4.35. The van der Waals surface area contributed by atoms with E-state index in [9.17, 15) is 0 Å². The van der Waals surface area contributed by atoms with Crippen molar-refractivity contribution in [1.29, 1.82) is 0 Å². The predicted octanol–water partition coefficient (Wildman–Crippen LogP) is 1.31. The van der Waals surface area contributed by atoms with Crippen LogP contribution in [0.15, 0.2) is 18.5 Å². The minimum atomic E-state index is -0.0530. The number of anilines is 1. The molecule has 1 aromatic rings. The second-order valence-corrected chi connectivity index (χ2v) is 4.71. The van der Waals surface area contributed by atoms with Gasteiger partial charge in [0.2, 0.25) is 0 Å². The van der Waals surface area contributed by atoms with Gasteiger partial charge in [-0.3, -0.25) is 4.98 Å². The van der Waals surface area contributed by atoms with Crippen LogP contribution >= 0.6 is 12.2 Å². The maximum Gasteiger partial charge on any atom is 0.106 e. The van der Waals surface area contributed by atoms with Gasteiger partial charge in [-0.25, -0.2) is 0 Å². The average Bonchev–Trinajstić information content (AvgIpc) is 2.65. The molecular weight excluding hydrogens is 222 g/mol. The molecule has 1 saturated heterocycles. The number of hydrogen-bond donors (Lipinski definition) is 2. The van der Waals surface area contributed by atoms with Gasteiger partial charge in [0.1, 0.15) is 4.99 Å². The van der Waals surface area contributed by atoms with Gasteiger partial charge in [0, 0.05) is 18.4 Å². The number of nitrogens with two attached hydrogens (primary N) is 1. The molecule has 1 unspecified atom stereocenters. The highest BCUT2D eigenvalue weighted by Crippen LogP contribution is 2.25. The van der Waals surface area contributed by atoms with E-state index in [0.29, 0.717) is 11.6 Å². The first-order valence-corrected chi connectivity index (χ1v) is 5.61. The molecule has 2 heterocycles. The van der Waals surface area contributed by atoms with Gasteiger partial charge in [-0.15, -0.1) is 0 Å². The first-order valence-electron chi connectivity index (χ1n) is 5.20. The fraction of sp³-hybridized carbons (Fsp3) is 0.455. The normalized spacial score (nSPS) is 24.3. The highest BCUT2D eigenvalue weighted by Gasteiger charge is 2.30. The monoisotopic (exact) mass is 237 g/mol. The number of nitrogens with zero attached hydrogens (tertiary/aromatic N) is 1. The van der Waals surface area contributed by atoms with Gasteiger partial charge >= 0.3 is 0 Å². The Balaban J connectivity index is 2.23.